The van der Waals surface area contributed by atoms with E-state index >= 15 is 0 Å². The van der Waals surface area contributed by atoms with Gasteiger partial charge in [-0.1, -0.05) is 12.1 Å². The van der Waals surface area contributed by atoms with Crippen LogP contribution in [0.1, 0.15) is 24.0 Å². The Kier molecular flexibility index (Phi) is 5.20. The van der Waals surface area contributed by atoms with E-state index in [0.29, 0.717) is 24.5 Å². The molecule has 3 aromatic rings. The largest absolute Gasteiger partial charge is 0.393 e. The van der Waals surface area contributed by atoms with Gasteiger partial charge in [0.25, 0.3) is 5.91 Å². The molecule has 0 radical (unpaired) electrons. The minimum Gasteiger partial charge on any atom is -0.393 e. The number of thiophene rings is 1. The zero-order valence-corrected chi connectivity index (χ0v) is 14.3. The van der Waals surface area contributed by atoms with Crippen molar-refractivity contribution in [2.75, 3.05) is 6.54 Å². The van der Waals surface area contributed by atoms with E-state index in [9.17, 15) is 14.3 Å². The van der Waals surface area contributed by atoms with E-state index in [1.54, 1.807) is 19.1 Å². The molecule has 0 spiro atoms. The Hall–Kier alpha value is -2.58. The molecule has 1 aromatic carbocycles. The van der Waals surface area contributed by atoms with E-state index in [0.717, 1.165) is 4.88 Å². The maximum Gasteiger partial charge on any atom is 0.290 e. The van der Waals surface area contributed by atoms with Gasteiger partial charge in [-0.3, -0.25) is 4.79 Å². The van der Waals surface area contributed by atoms with Gasteiger partial charge in [-0.2, -0.15) is 0 Å². The summed E-state index contributed by atoms with van der Waals surface area (Å²) in [5, 5.41) is 18.1. The van der Waals surface area contributed by atoms with E-state index in [1.807, 2.05) is 17.5 Å². The predicted molar refractivity (Wildman–Crippen MR) is 93.3 cm³/mol. The second kappa shape index (κ2) is 7.54. The Morgan fingerprint density at radius 3 is 2.92 bits per heavy atom. The molecular weight excluding hydrogens is 343 g/mol. The molecule has 0 bridgehead atoms. The first-order valence-electron chi connectivity index (χ1n) is 7.78. The molecule has 130 valence electrons. The van der Waals surface area contributed by atoms with Gasteiger partial charge in [0.1, 0.15) is 5.82 Å². The van der Waals surface area contributed by atoms with Gasteiger partial charge in [0, 0.05) is 6.54 Å². The minimum atomic E-state index is -0.500. The summed E-state index contributed by atoms with van der Waals surface area (Å²) < 4.78 is 15.0. The van der Waals surface area contributed by atoms with Gasteiger partial charge < -0.3 is 10.4 Å². The smallest absolute Gasteiger partial charge is 0.290 e. The van der Waals surface area contributed by atoms with Crippen molar-refractivity contribution in [2.45, 2.75) is 19.4 Å². The monoisotopic (exact) mass is 360 g/mol. The van der Waals surface area contributed by atoms with Crippen molar-refractivity contribution in [1.82, 2.24) is 20.1 Å². The summed E-state index contributed by atoms with van der Waals surface area (Å²) in [5.74, 6) is -0.360. The second-order valence-corrected chi connectivity index (χ2v) is 6.47. The highest BCUT2D eigenvalue weighted by Gasteiger charge is 2.19. The zero-order valence-electron chi connectivity index (χ0n) is 13.5. The summed E-state index contributed by atoms with van der Waals surface area (Å²) in [4.78, 5) is 17.4. The molecule has 0 saturated heterocycles. The molecular formula is C17H17FN4O2S. The molecule has 25 heavy (non-hydrogen) atoms. The van der Waals surface area contributed by atoms with Crippen molar-refractivity contribution in [3.63, 3.8) is 0 Å². The van der Waals surface area contributed by atoms with Crippen molar-refractivity contribution >= 4 is 17.2 Å². The summed E-state index contributed by atoms with van der Waals surface area (Å²) in [6, 6.07) is 9.68. The van der Waals surface area contributed by atoms with Crippen molar-refractivity contribution < 1.29 is 14.3 Å². The van der Waals surface area contributed by atoms with Gasteiger partial charge in [0.2, 0.25) is 5.82 Å². The van der Waals surface area contributed by atoms with E-state index in [-0.39, 0.29) is 5.82 Å². The fourth-order valence-electron chi connectivity index (χ4n) is 2.24. The van der Waals surface area contributed by atoms with Gasteiger partial charge in [0.05, 0.1) is 16.7 Å². The lowest BCUT2D eigenvalue weighted by Gasteiger charge is -2.04. The fraction of sp³-hybridized carbons (Fsp3) is 0.235. The number of aliphatic hydroxyl groups excluding tert-OH is 1. The molecule has 3 rings (SSSR count). The summed E-state index contributed by atoms with van der Waals surface area (Å²) >= 11 is 1.45. The molecule has 1 amide bonds. The van der Waals surface area contributed by atoms with Gasteiger partial charge in [-0.25, -0.2) is 14.1 Å². The molecule has 2 heterocycles. The highest BCUT2D eigenvalue weighted by Crippen LogP contribution is 2.25. The third-order valence-corrected chi connectivity index (χ3v) is 4.32. The Balaban J connectivity index is 1.94. The van der Waals surface area contributed by atoms with Gasteiger partial charge >= 0.3 is 0 Å². The van der Waals surface area contributed by atoms with Crippen LogP contribution >= 0.6 is 11.3 Å². The summed E-state index contributed by atoms with van der Waals surface area (Å²) in [6.07, 6.45) is -0.0616. The Bertz CT molecular complexity index is 861. The van der Waals surface area contributed by atoms with Crippen LogP contribution in [-0.4, -0.2) is 38.4 Å². The average Bonchev–Trinajstić information content (AvgIpc) is 3.23. The van der Waals surface area contributed by atoms with Crippen LogP contribution < -0.4 is 5.32 Å². The normalized spacial score (nSPS) is 12.1. The Labute approximate surface area is 148 Å². The van der Waals surface area contributed by atoms with Crippen LogP contribution in [0.4, 0.5) is 4.39 Å². The molecule has 2 N–H and O–H groups in total. The van der Waals surface area contributed by atoms with Crippen molar-refractivity contribution in [3.05, 3.63) is 53.4 Å². The van der Waals surface area contributed by atoms with Crippen molar-refractivity contribution in [3.8, 4) is 16.4 Å². The first-order chi connectivity index (χ1) is 12.0. The molecule has 0 aliphatic carbocycles. The number of halogens is 1. The number of hydrogen-bond donors (Lipinski definition) is 2. The number of aliphatic hydroxyl groups is 1. The quantitative estimate of drug-likeness (QED) is 0.708. The highest BCUT2D eigenvalue weighted by atomic mass is 32.1. The van der Waals surface area contributed by atoms with Crippen LogP contribution in [-0.2, 0) is 0 Å². The summed E-state index contributed by atoms with van der Waals surface area (Å²) in [6.45, 7) is 1.97. The number of nitrogens with one attached hydrogen (secondary N) is 1. The number of rotatable bonds is 6. The maximum absolute atomic E-state index is 13.6. The fourth-order valence-corrected chi connectivity index (χ4v) is 2.93. The number of aromatic nitrogens is 3. The molecule has 8 heteroatoms. The van der Waals surface area contributed by atoms with E-state index in [2.05, 4.69) is 15.4 Å². The molecule has 0 aliphatic rings. The first-order valence-corrected chi connectivity index (χ1v) is 8.65. The molecule has 0 saturated carbocycles. The standard InChI is InChI=1S/C17H17FN4O2S/c1-11(23)7-8-19-17(24)15-20-16(14-6-3-9-25-14)22(21-15)13-5-2-4-12(18)10-13/h2-6,9-11,23H,7-8H2,1H3,(H,19,24)/t11-/m0/s1. The van der Waals surface area contributed by atoms with Crippen LogP contribution in [0.5, 0.6) is 0 Å². The van der Waals surface area contributed by atoms with Gasteiger partial charge in [-0.15, -0.1) is 16.4 Å². The Morgan fingerprint density at radius 1 is 1.40 bits per heavy atom. The van der Waals surface area contributed by atoms with Crippen molar-refractivity contribution in [1.29, 1.82) is 0 Å². The van der Waals surface area contributed by atoms with Crippen molar-refractivity contribution in [2.24, 2.45) is 0 Å². The van der Waals surface area contributed by atoms with E-state index < -0.39 is 17.8 Å². The van der Waals surface area contributed by atoms with E-state index in [4.69, 9.17) is 0 Å². The molecule has 0 fully saturated rings. The van der Waals surface area contributed by atoms with Gasteiger partial charge in [-0.05, 0) is 43.0 Å². The van der Waals surface area contributed by atoms with Crippen LogP contribution in [0.15, 0.2) is 41.8 Å². The van der Waals surface area contributed by atoms with Crippen LogP contribution in [0, 0.1) is 5.82 Å². The van der Waals surface area contributed by atoms with Crippen LogP contribution in [0.2, 0.25) is 0 Å². The second-order valence-electron chi connectivity index (χ2n) is 5.52. The first kappa shape index (κ1) is 17.2. The maximum atomic E-state index is 13.6. The average molecular weight is 360 g/mol. The molecule has 2 aromatic heterocycles. The third-order valence-electron chi connectivity index (χ3n) is 3.45. The lowest BCUT2D eigenvalue weighted by molar-refractivity contribution is 0.0935. The number of carbonyl (C=O) groups excluding carboxylic acids is 1. The van der Waals surface area contributed by atoms with E-state index in [1.165, 1.54) is 28.2 Å². The third kappa shape index (κ3) is 4.09. The SMILES string of the molecule is C[C@H](O)CCNC(=O)c1nc(-c2cccs2)n(-c2cccc(F)c2)n1. The molecule has 6 nitrogen and oxygen atoms in total. The summed E-state index contributed by atoms with van der Waals surface area (Å²) in [5.41, 5.74) is 0.485. The lowest BCUT2D eigenvalue weighted by Crippen LogP contribution is -2.27. The van der Waals surface area contributed by atoms with Crippen LogP contribution in [0.25, 0.3) is 16.4 Å². The summed E-state index contributed by atoms with van der Waals surface area (Å²) in [7, 11) is 0. The lowest BCUT2D eigenvalue weighted by atomic mass is 10.3. The zero-order chi connectivity index (χ0) is 17.8. The number of carbonyl (C=O) groups is 1. The number of amides is 1. The molecule has 0 unspecified atom stereocenters. The molecule has 1 atom stereocenters. The van der Waals surface area contributed by atoms with Gasteiger partial charge in [0.15, 0.2) is 5.82 Å². The molecule has 0 aliphatic heterocycles. The predicted octanol–water partition coefficient (Wildman–Crippen LogP) is 2.64. The Morgan fingerprint density at radius 2 is 2.24 bits per heavy atom. The number of nitrogens with zero attached hydrogens (tertiary/aromatic N) is 3. The minimum absolute atomic E-state index is 0.00162. The highest BCUT2D eigenvalue weighted by molar-refractivity contribution is 7.13. The number of benzene rings is 1. The topological polar surface area (TPSA) is 80.0 Å². The van der Waals surface area contributed by atoms with Crippen LogP contribution in [0.3, 0.4) is 0 Å². The number of hydrogen-bond acceptors (Lipinski definition) is 5.